The summed E-state index contributed by atoms with van der Waals surface area (Å²) in [6, 6.07) is 8.32. The molecule has 1 aromatic carbocycles. The highest BCUT2D eigenvalue weighted by Gasteiger charge is 2.52. The third-order valence-electron chi connectivity index (χ3n) is 5.41. The summed E-state index contributed by atoms with van der Waals surface area (Å²) < 4.78 is 2.02. The normalized spacial score (nSPS) is 32.3. The van der Waals surface area contributed by atoms with E-state index in [1.54, 1.807) is 11.3 Å². The lowest BCUT2D eigenvalue weighted by atomic mass is 9.73. The zero-order valence-electron chi connectivity index (χ0n) is 12.7. The first-order valence-electron chi connectivity index (χ1n) is 8.14. The van der Waals surface area contributed by atoms with Crippen molar-refractivity contribution in [2.75, 3.05) is 25.0 Å². The van der Waals surface area contributed by atoms with Crippen molar-refractivity contribution in [2.24, 2.45) is 11.1 Å². The molecule has 3 saturated heterocycles. The van der Waals surface area contributed by atoms with Gasteiger partial charge in [-0.1, -0.05) is 22.8 Å². The largest absolute Gasteiger partial charge is 0.386 e. The SMILES string of the molecule is Clc1cc2ccc(NC3=NO[C@@]4(C3)CN3CCC4CC3)cc2s1. The van der Waals surface area contributed by atoms with E-state index in [1.807, 2.05) is 6.07 Å². The molecule has 4 aliphatic heterocycles. The number of nitrogens with one attached hydrogen (secondary N) is 1. The second-order valence-corrected chi connectivity index (χ2v) is 8.56. The molecule has 0 amide bonds. The Balaban J connectivity index is 1.35. The molecular weight excluding hydrogens is 330 g/mol. The highest BCUT2D eigenvalue weighted by molar-refractivity contribution is 7.22. The van der Waals surface area contributed by atoms with Crippen molar-refractivity contribution >= 4 is 44.5 Å². The van der Waals surface area contributed by atoms with Crippen LogP contribution in [-0.2, 0) is 4.84 Å². The average Bonchev–Trinajstić information content (AvgIpc) is 3.11. The minimum Gasteiger partial charge on any atom is -0.386 e. The molecule has 3 fully saturated rings. The van der Waals surface area contributed by atoms with E-state index in [1.165, 1.54) is 36.0 Å². The third kappa shape index (κ3) is 2.33. The molecule has 2 aromatic rings. The number of hydrogen-bond donors (Lipinski definition) is 1. The first-order chi connectivity index (χ1) is 11.2. The van der Waals surface area contributed by atoms with E-state index in [2.05, 4.69) is 33.6 Å². The van der Waals surface area contributed by atoms with Crippen molar-refractivity contribution in [3.05, 3.63) is 28.6 Å². The Morgan fingerprint density at radius 1 is 1.30 bits per heavy atom. The topological polar surface area (TPSA) is 36.9 Å². The number of oxime groups is 1. The molecule has 6 heteroatoms. The third-order valence-corrected chi connectivity index (χ3v) is 6.63. The highest BCUT2D eigenvalue weighted by Crippen LogP contribution is 2.43. The molecule has 4 aliphatic rings. The molecule has 2 bridgehead atoms. The number of nitrogens with zero attached hydrogens (tertiary/aromatic N) is 2. The van der Waals surface area contributed by atoms with Crippen LogP contribution in [0.2, 0.25) is 4.34 Å². The van der Waals surface area contributed by atoms with Gasteiger partial charge in [0.25, 0.3) is 0 Å². The lowest BCUT2D eigenvalue weighted by molar-refractivity contribution is -0.136. The fourth-order valence-corrected chi connectivity index (χ4v) is 5.43. The number of rotatable bonds is 1. The van der Waals surface area contributed by atoms with Gasteiger partial charge in [0, 0.05) is 22.8 Å². The maximum atomic E-state index is 6.09. The van der Waals surface area contributed by atoms with Crippen LogP contribution >= 0.6 is 22.9 Å². The van der Waals surface area contributed by atoms with Crippen LogP contribution in [0.4, 0.5) is 5.69 Å². The quantitative estimate of drug-likeness (QED) is 0.841. The van der Waals surface area contributed by atoms with Crippen molar-refractivity contribution in [1.82, 2.24) is 4.90 Å². The van der Waals surface area contributed by atoms with Gasteiger partial charge in [-0.25, -0.2) is 0 Å². The number of piperidine rings is 3. The van der Waals surface area contributed by atoms with E-state index in [0.717, 1.165) is 28.8 Å². The van der Waals surface area contributed by atoms with Crippen molar-refractivity contribution in [1.29, 1.82) is 0 Å². The van der Waals surface area contributed by atoms with Crippen LogP contribution in [0.25, 0.3) is 10.1 Å². The maximum Gasteiger partial charge on any atom is 0.160 e. The smallest absolute Gasteiger partial charge is 0.160 e. The van der Waals surface area contributed by atoms with Crippen LogP contribution in [0.5, 0.6) is 0 Å². The van der Waals surface area contributed by atoms with Crippen LogP contribution in [0.3, 0.4) is 0 Å². The fourth-order valence-electron chi connectivity index (χ4n) is 4.23. The molecule has 1 spiro atoms. The van der Waals surface area contributed by atoms with Gasteiger partial charge in [-0.3, -0.25) is 4.90 Å². The summed E-state index contributed by atoms with van der Waals surface area (Å²) in [4.78, 5) is 8.47. The van der Waals surface area contributed by atoms with E-state index >= 15 is 0 Å². The molecule has 0 unspecified atom stereocenters. The molecule has 1 aromatic heterocycles. The molecule has 1 atom stereocenters. The van der Waals surface area contributed by atoms with Crippen LogP contribution in [0.15, 0.2) is 29.4 Å². The van der Waals surface area contributed by atoms with E-state index in [4.69, 9.17) is 16.4 Å². The van der Waals surface area contributed by atoms with Gasteiger partial charge in [-0.05, 0) is 49.5 Å². The van der Waals surface area contributed by atoms with E-state index < -0.39 is 0 Å². The first kappa shape index (κ1) is 14.1. The Morgan fingerprint density at radius 2 is 2.17 bits per heavy atom. The zero-order valence-corrected chi connectivity index (χ0v) is 14.3. The van der Waals surface area contributed by atoms with Crippen molar-refractivity contribution in [2.45, 2.75) is 24.9 Å². The van der Waals surface area contributed by atoms with Gasteiger partial charge in [0.1, 0.15) is 0 Å². The second kappa shape index (κ2) is 5.10. The fraction of sp³-hybridized carbons (Fsp3) is 0.471. The summed E-state index contributed by atoms with van der Waals surface area (Å²) in [6.45, 7) is 3.45. The lowest BCUT2D eigenvalue weighted by Crippen LogP contribution is -2.59. The van der Waals surface area contributed by atoms with Gasteiger partial charge in [-0.2, -0.15) is 0 Å². The van der Waals surface area contributed by atoms with Crippen molar-refractivity contribution in [3.63, 3.8) is 0 Å². The number of benzene rings is 1. The van der Waals surface area contributed by atoms with E-state index in [-0.39, 0.29) is 5.60 Å². The molecule has 5 heterocycles. The molecule has 0 saturated carbocycles. The van der Waals surface area contributed by atoms with Crippen LogP contribution in [-0.4, -0.2) is 36.0 Å². The summed E-state index contributed by atoms with van der Waals surface area (Å²) in [7, 11) is 0. The zero-order chi connectivity index (χ0) is 15.4. The Labute approximate surface area is 144 Å². The number of hydrogen-bond acceptors (Lipinski definition) is 5. The number of thiophene rings is 1. The summed E-state index contributed by atoms with van der Waals surface area (Å²) in [6.07, 6.45) is 3.36. The standard InChI is InChI=1S/C17H18ClN3OS/c18-15-7-11-1-2-13(8-14(11)23-15)19-16-9-17(22-20-16)10-21-5-3-12(17)4-6-21/h1-2,7-8,12H,3-6,9-10H2,(H,19,20)/t17-/m0/s1. The molecule has 23 heavy (non-hydrogen) atoms. The number of anilines is 1. The Hall–Kier alpha value is -1.30. The number of halogens is 1. The summed E-state index contributed by atoms with van der Waals surface area (Å²) in [5.41, 5.74) is 0.964. The number of fused-ring (bicyclic) bond motifs is 3. The number of amidine groups is 1. The Bertz CT molecular complexity index is 796. The van der Waals surface area contributed by atoms with Gasteiger partial charge < -0.3 is 10.2 Å². The van der Waals surface area contributed by atoms with Crippen LogP contribution in [0, 0.1) is 5.92 Å². The highest BCUT2D eigenvalue weighted by atomic mass is 35.5. The monoisotopic (exact) mass is 347 g/mol. The molecule has 4 nitrogen and oxygen atoms in total. The Kier molecular flexibility index (Phi) is 3.12. The predicted molar refractivity (Wildman–Crippen MR) is 95.5 cm³/mol. The van der Waals surface area contributed by atoms with Crippen LogP contribution in [0.1, 0.15) is 19.3 Å². The van der Waals surface area contributed by atoms with Gasteiger partial charge in [0.15, 0.2) is 11.4 Å². The molecule has 0 aliphatic carbocycles. The second-order valence-electron chi connectivity index (χ2n) is 6.85. The molecule has 120 valence electrons. The van der Waals surface area contributed by atoms with Gasteiger partial charge in [0.05, 0.1) is 10.8 Å². The first-order valence-corrected chi connectivity index (χ1v) is 9.33. The van der Waals surface area contributed by atoms with E-state index in [0.29, 0.717) is 5.92 Å². The average molecular weight is 348 g/mol. The van der Waals surface area contributed by atoms with E-state index in [9.17, 15) is 0 Å². The van der Waals surface area contributed by atoms with Gasteiger partial charge >= 0.3 is 0 Å². The van der Waals surface area contributed by atoms with Gasteiger partial charge in [-0.15, -0.1) is 11.3 Å². The maximum absolute atomic E-state index is 6.09. The Morgan fingerprint density at radius 3 is 2.96 bits per heavy atom. The van der Waals surface area contributed by atoms with Gasteiger partial charge in [0.2, 0.25) is 0 Å². The van der Waals surface area contributed by atoms with Crippen LogP contribution < -0.4 is 5.32 Å². The molecular formula is C17H18ClN3OS. The minimum absolute atomic E-state index is 0.0881. The molecule has 0 radical (unpaired) electrons. The van der Waals surface area contributed by atoms with Crippen molar-refractivity contribution < 1.29 is 4.84 Å². The molecule has 1 N–H and O–H groups in total. The minimum atomic E-state index is -0.0881. The summed E-state index contributed by atoms with van der Waals surface area (Å²) >= 11 is 7.69. The van der Waals surface area contributed by atoms with Crippen molar-refractivity contribution in [3.8, 4) is 0 Å². The lowest BCUT2D eigenvalue weighted by Gasteiger charge is -2.49. The molecule has 6 rings (SSSR count). The summed E-state index contributed by atoms with van der Waals surface area (Å²) in [5, 5.41) is 9.00. The summed E-state index contributed by atoms with van der Waals surface area (Å²) in [5.74, 6) is 1.59. The predicted octanol–water partition coefficient (Wildman–Crippen LogP) is 4.16.